The van der Waals surface area contributed by atoms with Crippen molar-refractivity contribution in [3.8, 4) is 0 Å². The SMILES string of the molecule is C[C@H]1CO[C@H](C2CCC(CCC3CCC3)C2)[C@H](O)[C@@H]1O. The number of rotatable bonds is 4. The fourth-order valence-electron chi connectivity index (χ4n) is 4.33. The van der Waals surface area contributed by atoms with Gasteiger partial charge in [-0.3, -0.25) is 0 Å². The highest BCUT2D eigenvalue weighted by molar-refractivity contribution is 4.92. The Kier molecular flexibility index (Phi) is 4.68. The lowest BCUT2D eigenvalue weighted by Crippen LogP contribution is -2.51. The van der Waals surface area contributed by atoms with Gasteiger partial charge in [0.25, 0.3) is 0 Å². The first-order valence-electron chi connectivity index (χ1n) is 8.63. The average Bonchev–Trinajstić information content (AvgIpc) is 2.83. The molecule has 2 aliphatic carbocycles. The summed E-state index contributed by atoms with van der Waals surface area (Å²) in [7, 11) is 0. The van der Waals surface area contributed by atoms with E-state index >= 15 is 0 Å². The summed E-state index contributed by atoms with van der Waals surface area (Å²) in [6.45, 7) is 2.53. The number of aliphatic hydroxyl groups excluding tert-OH is 2. The van der Waals surface area contributed by atoms with Crippen molar-refractivity contribution in [2.75, 3.05) is 6.61 Å². The number of ether oxygens (including phenoxy) is 1. The summed E-state index contributed by atoms with van der Waals surface area (Å²) in [6.07, 6.45) is 9.33. The zero-order chi connectivity index (χ0) is 14.1. The van der Waals surface area contributed by atoms with Crippen molar-refractivity contribution >= 4 is 0 Å². The van der Waals surface area contributed by atoms with Crippen LogP contribution in [-0.2, 0) is 4.74 Å². The van der Waals surface area contributed by atoms with Gasteiger partial charge in [-0.15, -0.1) is 0 Å². The molecule has 3 nitrogen and oxygen atoms in total. The molecule has 6 atom stereocenters. The summed E-state index contributed by atoms with van der Waals surface area (Å²) in [5.41, 5.74) is 0. The molecule has 3 heteroatoms. The zero-order valence-electron chi connectivity index (χ0n) is 12.7. The first-order valence-corrected chi connectivity index (χ1v) is 8.63. The van der Waals surface area contributed by atoms with E-state index in [1.807, 2.05) is 6.92 Å². The zero-order valence-corrected chi connectivity index (χ0v) is 12.7. The van der Waals surface area contributed by atoms with E-state index in [9.17, 15) is 10.2 Å². The lowest BCUT2D eigenvalue weighted by Gasteiger charge is -2.39. The molecule has 3 fully saturated rings. The Morgan fingerprint density at radius 3 is 2.40 bits per heavy atom. The fourth-order valence-corrected chi connectivity index (χ4v) is 4.33. The first-order chi connectivity index (χ1) is 9.65. The molecule has 0 aromatic carbocycles. The third-order valence-electron chi connectivity index (χ3n) is 6.08. The molecule has 1 saturated heterocycles. The summed E-state index contributed by atoms with van der Waals surface area (Å²) in [4.78, 5) is 0. The summed E-state index contributed by atoms with van der Waals surface area (Å²) in [5, 5.41) is 20.3. The van der Waals surface area contributed by atoms with Crippen LogP contribution in [0.2, 0.25) is 0 Å². The van der Waals surface area contributed by atoms with Crippen molar-refractivity contribution in [2.24, 2.45) is 23.7 Å². The highest BCUT2D eigenvalue weighted by atomic mass is 16.5. The monoisotopic (exact) mass is 282 g/mol. The van der Waals surface area contributed by atoms with E-state index < -0.39 is 12.2 Å². The van der Waals surface area contributed by atoms with Gasteiger partial charge in [0.05, 0.1) is 18.8 Å². The number of aliphatic hydroxyl groups is 2. The maximum atomic E-state index is 10.2. The largest absolute Gasteiger partial charge is 0.390 e. The Balaban J connectivity index is 1.46. The Bertz CT molecular complexity index is 315. The van der Waals surface area contributed by atoms with E-state index in [0.717, 1.165) is 18.3 Å². The van der Waals surface area contributed by atoms with Gasteiger partial charge in [-0.05, 0) is 30.6 Å². The van der Waals surface area contributed by atoms with E-state index in [-0.39, 0.29) is 12.0 Å². The third-order valence-corrected chi connectivity index (χ3v) is 6.08. The molecule has 1 aliphatic heterocycles. The molecule has 3 aliphatic rings. The topological polar surface area (TPSA) is 49.7 Å². The van der Waals surface area contributed by atoms with Gasteiger partial charge < -0.3 is 14.9 Å². The molecule has 0 bridgehead atoms. The third kappa shape index (κ3) is 3.05. The van der Waals surface area contributed by atoms with E-state index in [1.54, 1.807) is 0 Å². The second-order valence-electron chi connectivity index (χ2n) is 7.57. The highest BCUT2D eigenvalue weighted by Gasteiger charge is 2.42. The predicted molar refractivity (Wildman–Crippen MR) is 78.3 cm³/mol. The molecule has 2 N–H and O–H groups in total. The van der Waals surface area contributed by atoms with Crippen LogP contribution in [0.1, 0.15) is 58.3 Å². The molecule has 0 amide bonds. The molecular weight excluding hydrogens is 252 g/mol. The normalized spacial score (nSPS) is 46.4. The minimum atomic E-state index is -0.686. The van der Waals surface area contributed by atoms with E-state index in [4.69, 9.17) is 4.74 Å². The van der Waals surface area contributed by atoms with Crippen LogP contribution in [0.15, 0.2) is 0 Å². The molecule has 20 heavy (non-hydrogen) atoms. The van der Waals surface area contributed by atoms with Gasteiger partial charge >= 0.3 is 0 Å². The van der Waals surface area contributed by atoms with Gasteiger partial charge in [-0.1, -0.05) is 45.4 Å². The summed E-state index contributed by atoms with van der Waals surface area (Å²) < 4.78 is 5.85. The Hall–Kier alpha value is -0.120. The van der Waals surface area contributed by atoms with Crippen LogP contribution in [0.5, 0.6) is 0 Å². The molecular formula is C17H30O3. The van der Waals surface area contributed by atoms with Crippen LogP contribution in [0, 0.1) is 23.7 Å². The van der Waals surface area contributed by atoms with Crippen LogP contribution < -0.4 is 0 Å². The van der Waals surface area contributed by atoms with Gasteiger partial charge in [-0.2, -0.15) is 0 Å². The number of hydrogen-bond acceptors (Lipinski definition) is 3. The molecule has 1 heterocycles. The van der Waals surface area contributed by atoms with Gasteiger partial charge in [0.1, 0.15) is 6.10 Å². The Morgan fingerprint density at radius 1 is 0.950 bits per heavy atom. The molecule has 2 unspecified atom stereocenters. The Labute approximate surface area is 122 Å². The lowest BCUT2D eigenvalue weighted by molar-refractivity contribution is -0.176. The van der Waals surface area contributed by atoms with Gasteiger partial charge in [0.2, 0.25) is 0 Å². The van der Waals surface area contributed by atoms with Crippen LogP contribution >= 0.6 is 0 Å². The predicted octanol–water partition coefficient (Wildman–Crippen LogP) is 2.74. The van der Waals surface area contributed by atoms with Crippen molar-refractivity contribution in [1.29, 1.82) is 0 Å². The lowest BCUT2D eigenvalue weighted by atomic mass is 9.80. The van der Waals surface area contributed by atoms with Crippen LogP contribution in [-0.4, -0.2) is 35.1 Å². The van der Waals surface area contributed by atoms with E-state index in [2.05, 4.69) is 0 Å². The van der Waals surface area contributed by atoms with Crippen LogP contribution in [0.3, 0.4) is 0 Å². The maximum Gasteiger partial charge on any atom is 0.107 e. The summed E-state index contributed by atoms with van der Waals surface area (Å²) in [6, 6.07) is 0. The minimum Gasteiger partial charge on any atom is -0.390 e. The standard InChI is InChI=1S/C17H30O3/c1-11-10-20-17(16(19)15(11)18)14-8-7-13(9-14)6-5-12-3-2-4-12/h11-19H,2-10H2,1H3/t11-,13?,14?,15+,16+,17+/m0/s1. The van der Waals surface area contributed by atoms with E-state index in [0.29, 0.717) is 12.5 Å². The van der Waals surface area contributed by atoms with Gasteiger partial charge in [0, 0.05) is 5.92 Å². The molecule has 0 radical (unpaired) electrons. The van der Waals surface area contributed by atoms with E-state index in [1.165, 1.54) is 44.9 Å². The molecule has 0 aromatic rings. The first kappa shape index (κ1) is 14.8. The fraction of sp³-hybridized carbons (Fsp3) is 1.00. The second kappa shape index (κ2) is 6.33. The quantitative estimate of drug-likeness (QED) is 0.833. The summed E-state index contributed by atoms with van der Waals surface area (Å²) in [5.74, 6) is 2.34. The maximum absolute atomic E-state index is 10.2. The molecule has 116 valence electrons. The van der Waals surface area contributed by atoms with Crippen molar-refractivity contribution in [3.05, 3.63) is 0 Å². The van der Waals surface area contributed by atoms with Crippen molar-refractivity contribution in [1.82, 2.24) is 0 Å². The molecule has 2 saturated carbocycles. The van der Waals surface area contributed by atoms with Gasteiger partial charge in [-0.25, -0.2) is 0 Å². The van der Waals surface area contributed by atoms with Crippen molar-refractivity contribution in [2.45, 2.75) is 76.6 Å². The molecule has 0 spiro atoms. The highest BCUT2D eigenvalue weighted by Crippen LogP contribution is 2.41. The summed E-state index contributed by atoms with van der Waals surface area (Å²) >= 11 is 0. The minimum absolute atomic E-state index is 0.0528. The van der Waals surface area contributed by atoms with Crippen molar-refractivity contribution < 1.29 is 14.9 Å². The Morgan fingerprint density at radius 2 is 1.70 bits per heavy atom. The average molecular weight is 282 g/mol. The van der Waals surface area contributed by atoms with Crippen LogP contribution in [0.25, 0.3) is 0 Å². The van der Waals surface area contributed by atoms with Crippen molar-refractivity contribution in [3.63, 3.8) is 0 Å². The number of hydrogen-bond donors (Lipinski definition) is 2. The van der Waals surface area contributed by atoms with Gasteiger partial charge in [0.15, 0.2) is 0 Å². The smallest absolute Gasteiger partial charge is 0.107 e. The molecule has 0 aromatic heterocycles. The molecule has 3 rings (SSSR count). The van der Waals surface area contributed by atoms with Crippen LogP contribution in [0.4, 0.5) is 0 Å². The second-order valence-corrected chi connectivity index (χ2v) is 7.57.